The first-order valence-corrected chi connectivity index (χ1v) is 9.05. The summed E-state index contributed by atoms with van der Waals surface area (Å²) in [5.74, 6) is 2.56. The second-order valence-electron chi connectivity index (χ2n) is 6.25. The summed E-state index contributed by atoms with van der Waals surface area (Å²) in [5.41, 5.74) is 2.36. The van der Waals surface area contributed by atoms with Crippen molar-refractivity contribution in [3.05, 3.63) is 84.4 Å². The topological polar surface area (TPSA) is 30.5 Å². The molecule has 0 saturated heterocycles. The minimum Gasteiger partial charge on any atom is -0.489 e. The third-order valence-corrected chi connectivity index (χ3v) is 4.10. The van der Waals surface area contributed by atoms with Crippen molar-refractivity contribution in [2.45, 2.75) is 26.4 Å². The number of ether oxygens (including phenoxy) is 2. The van der Waals surface area contributed by atoms with Crippen LogP contribution in [0, 0.1) is 0 Å². The van der Waals surface area contributed by atoms with Gasteiger partial charge in [-0.2, -0.15) is 0 Å². The van der Waals surface area contributed by atoms with Gasteiger partial charge in [0.1, 0.15) is 23.4 Å². The predicted octanol–water partition coefficient (Wildman–Crippen LogP) is 5.92. The Hall–Kier alpha value is -2.94. The fourth-order valence-corrected chi connectivity index (χ4v) is 2.60. The molecule has 0 aliphatic rings. The van der Waals surface area contributed by atoms with Crippen molar-refractivity contribution in [1.82, 2.24) is 0 Å². The van der Waals surface area contributed by atoms with Crippen molar-refractivity contribution in [3.8, 4) is 17.2 Å². The Balaban J connectivity index is 1.47. The Kier molecular flexibility index (Phi) is 6.15. The van der Waals surface area contributed by atoms with Gasteiger partial charge in [-0.3, -0.25) is 0 Å². The quantitative estimate of drug-likeness (QED) is 0.548. The Morgan fingerprint density at radius 1 is 0.769 bits per heavy atom. The van der Waals surface area contributed by atoms with Crippen LogP contribution in [-0.2, 0) is 6.42 Å². The average molecular weight is 347 g/mol. The molecule has 0 fully saturated rings. The van der Waals surface area contributed by atoms with E-state index >= 15 is 0 Å². The molecule has 0 spiro atoms. The number of anilines is 1. The highest BCUT2D eigenvalue weighted by Crippen LogP contribution is 2.22. The standard InChI is InChI=1S/C23H25NO2/c1-3-19-9-13-22(14-10-19)25-18(2)17-24-20-11-15-23(16-12-20)26-21-7-5-4-6-8-21/h4-16,18,24H,3,17H2,1-2H3. The maximum atomic E-state index is 5.95. The number of hydrogen-bond donors (Lipinski definition) is 1. The normalized spacial score (nSPS) is 11.6. The second-order valence-corrected chi connectivity index (χ2v) is 6.25. The molecule has 0 aliphatic carbocycles. The van der Waals surface area contributed by atoms with Crippen LogP contribution in [0.2, 0.25) is 0 Å². The molecule has 1 N–H and O–H groups in total. The minimum absolute atomic E-state index is 0.0720. The number of aryl methyl sites for hydroxylation is 1. The summed E-state index contributed by atoms with van der Waals surface area (Å²) in [6.45, 7) is 4.95. The summed E-state index contributed by atoms with van der Waals surface area (Å²) in [4.78, 5) is 0. The minimum atomic E-state index is 0.0720. The van der Waals surface area contributed by atoms with Crippen LogP contribution in [0.1, 0.15) is 19.4 Å². The smallest absolute Gasteiger partial charge is 0.127 e. The number of hydrogen-bond acceptors (Lipinski definition) is 3. The van der Waals surface area contributed by atoms with Gasteiger partial charge in [-0.05, 0) is 67.4 Å². The third-order valence-electron chi connectivity index (χ3n) is 4.10. The number of para-hydroxylation sites is 1. The van der Waals surface area contributed by atoms with Crippen LogP contribution >= 0.6 is 0 Å². The molecule has 1 unspecified atom stereocenters. The zero-order valence-corrected chi connectivity index (χ0v) is 15.3. The highest BCUT2D eigenvalue weighted by molar-refractivity contribution is 5.47. The molecule has 0 bridgehead atoms. The average Bonchev–Trinajstić information content (AvgIpc) is 2.69. The third kappa shape index (κ3) is 5.28. The highest BCUT2D eigenvalue weighted by atomic mass is 16.5. The summed E-state index contributed by atoms with van der Waals surface area (Å²) in [5, 5.41) is 3.40. The van der Waals surface area contributed by atoms with E-state index in [2.05, 4.69) is 31.3 Å². The molecule has 0 aromatic heterocycles. The van der Waals surface area contributed by atoms with Gasteiger partial charge in [0.25, 0.3) is 0 Å². The molecule has 3 aromatic rings. The maximum Gasteiger partial charge on any atom is 0.127 e. The van der Waals surface area contributed by atoms with E-state index < -0.39 is 0 Å². The molecular formula is C23H25NO2. The van der Waals surface area contributed by atoms with Crippen LogP contribution in [0.4, 0.5) is 5.69 Å². The SMILES string of the molecule is CCc1ccc(OC(C)CNc2ccc(Oc3ccccc3)cc2)cc1. The lowest BCUT2D eigenvalue weighted by Gasteiger charge is -2.16. The monoisotopic (exact) mass is 347 g/mol. The van der Waals surface area contributed by atoms with Gasteiger partial charge < -0.3 is 14.8 Å². The summed E-state index contributed by atoms with van der Waals surface area (Å²) in [6, 6.07) is 26.0. The van der Waals surface area contributed by atoms with Crippen molar-refractivity contribution < 1.29 is 9.47 Å². The molecular weight excluding hydrogens is 322 g/mol. The lowest BCUT2D eigenvalue weighted by molar-refractivity contribution is 0.234. The van der Waals surface area contributed by atoms with Gasteiger partial charge in [0.2, 0.25) is 0 Å². The molecule has 3 nitrogen and oxygen atoms in total. The first kappa shape index (κ1) is 17.9. The van der Waals surface area contributed by atoms with E-state index in [9.17, 15) is 0 Å². The van der Waals surface area contributed by atoms with E-state index in [1.165, 1.54) is 5.56 Å². The summed E-state index contributed by atoms with van der Waals surface area (Å²) in [6.07, 6.45) is 1.11. The maximum absolute atomic E-state index is 5.95. The van der Waals surface area contributed by atoms with E-state index in [-0.39, 0.29) is 6.10 Å². The Morgan fingerprint density at radius 2 is 1.38 bits per heavy atom. The lowest BCUT2D eigenvalue weighted by Crippen LogP contribution is -2.22. The van der Waals surface area contributed by atoms with Crippen LogP contribution < -0.4 is 14.8 Å². The second kappa shape index (κ2) is 8.95. The van der Waals surface area contributed by atoms with Crippen molar-refractivity contribution in [2.24, 2.45) is 0 Å². The fraction of sp³-hybridized carbons (Fsp3) is 0.217. The van der Waals surface area contributed by atoms with Crippen molar-refractivity contribution in [2.75, 3.05) is 11.9 Å². The molecule has 134 valence electrons. The Morgan fingerprint density at radius 3 is 2.04 bits per heavy atom. The van der Waals surface area contributed by atoms with Gasteiger partial charge >= 0.3 is 0 Å². The molecule has 0 saturated carbocycles. The Bertz CT molecular complexity index is 783. The van der Waals surface area contributed by atoms with Gasteiger partial charge in [0.15, 0.2) is 0 Å². The van der Waals surface area contributed by atoms with Gasteiger partial charge in [0, 0.05) is 5.69 Å². The summed E-state index contributed by atoms with van der Waals surface area (Å²) in [7, 11) is 0. The number of benzene rings is 3. The first-order chi connectivity index (χ1) is 12.7. The first-order valence-electron chi connectivity index (χ1n) is 9.05. The van der Waals surface area contributed by atoms with Crippen LogP contribution in [0.3, 0.4) is 0 Å². The molecule has 3 rings (SSSR count). The molecule has 3 aromatic carbocycles. The molecule has 0 radical (unpaired) electrons. The zero-order chi connectivity index (χ0) is 18.2. The van der Waals surface area contributed by atoms with Crippen LogP contribution in [0.15, 0.2) is 78.9 Å². The van der Waals surface area contributed by atoms with E-state index in [1.807, 2.05) is 66.7 Å². The van der Waals surface area contributed by atoms with E-state index in [1.54, 1.807) is 0 Å². The molecule has 26 heavy (non-hydrogen) atoms. The molecule has 0 aliphatic heterocycles. The summed E-state index contributed by atoms with van der Waals surface area (Å²) < 4.78 is 11.8. The van der Waals surface area contributed by atoms with Crippen molar-refractivity contribution in [3.63, 3.8) is 0 Å². The zero-order valence-electron chi connectivity index (χ0n) is 15.3. The van der Waals surface area contributed by atoms with Crippen LogP contribution in [0.25, 0.3) is 0 Å². The highest BCUT2D eigenvalue weighted by Gasteiger charge is 2.05. The van der Waals surface area contributed by atoms with Crippen molar-refractivity contribution >= 4 is 5.69 Å². The van der Waals surface area contributed by atoms with Crippen molar-refractivity contribution in [1.29, 1.82) is 0 Å². The van der Waals surface area contributed by atoms with Crippen LogP contribution in [0.5, 0.6) is 17.2 Å². The number of rotatable bonds is 8. The van der Waals surface area contributed by atoms with Gasteiger partial charge in [-0.25, -0.2) is 0 Å². The molecule has 3 heteroatoms. The fourth-order valence-electron chi connectivity index (χ4n) is 2.60. The van der Waals surface area contributed by atoms with Crippen LogP contribution in [-0.4, -0.2) is 12.6 Å². The summed E-state index contributed by atoms with van der Waals surface area (Å²) >= 11 is 0. The van der Waals surface area contributed by atoms with Gasteiger partial charge in [0.05, 0.1) is 6.54 Å². The van der Waals surface area contributed by atoms with Gasteiger partial charge in [-0.15, -0.1) is 0 Å². The van der Waals surface area contributed by atoms with E-state index in [0.717, 1.165) is 35.9 Å². The molecule has 0 heterocycles. The van der Waals surface area contributed by atoms with E-state index in [4.69, 9.17) is 9.47 Å². The Labute approximate surface area is 155 Å². The largest absolute Gasteiger partial charge is 0.489 e. The molecule has 1 atom stereocenters. The lowest BCUT2D eigenvalue weighted by atomic mass is 10.2. The molecule has 0 amide bonds. The predicted molar refractivity (Wildman–Crippen MR) is 107 cm³/mol. The van der Waals surface area contributed by atoms with E-state index in [0.29, 0.717) is 0 Å². The number of nitrogens with one attached hydrogen (secondary N) is 1. The van der Waals surface area contributed by atoms with Gasteiger partial charge in [-0.1, -0.05) is 37.3 Å².